The molecule has 0 aliphatic carbocycles. The quantitative estimate of drug-likeness (QED) is 0.783. The second-order valence-electron chi connectivity index (χ2n) is 5.14. The van der Waals surface area contributed by atoms with Crippen LogP contribution >= 0.6 is 0 Å². The van der Waals surface area contributed by atoms with Crippen molar-refractivity contribution in [2.24, 2.45) is 0 Å². The molecule has 0 radical (unpaired) electrons. The van der Waals surface area contributed by atoms with E-state index in [9.17, 15) is 0 Å². The minimum absolute atomic E-state index is 0.767. The van der Waals surface area contributed by atoms with Gasteiger partial charge in [0.1, 0.15) is 11.5 Å². The Morgan fingerprint density at radius 2 is 1.95 bits per heavy atom. The number of hydrogen-bond donors (Lipinski definition) is 1. The highest BCUT2D eigenvalue weighted by Gasteiger charge is 2.13. The van der Waals surface area contributed by atoms with Gasteiger partial charge in [-0.25, -0.2) is 9.97 Å². The van der Waals surface area contributed by atoms with Crippen molar-refractivity contribution >= 4 is 16.9 Å². The van der Waals surface area contributed by atoms with Gasteiger partial charge in [-0.1, -0.05) is 0 Å². The molecule has 1 aliphatic heterocycles. The van der Waals surface area contributed by atoms with E-state index in [4.69, 9.17) is 4.74 Å². The molecule has 3 aromatic rings. The first-order valence-corrected chi connectivity index (χ1v) is 7.12. The minimum Gasteiger partial charge on any atom is -0.378 e. The molecule has 4 heterocycles. The standard InChI is InChI=1S/C16H16N4O/c1-3-17-15(20-5-7-21-8-6-20)10-12(1)14-9-13-2-4-18-16(13)19-11-14/h1-4,9-11H,5-8H2,(H,18,19). The van der Waals surface area contributed by atoms with Gasteiger partial charge in [0.15, 0.2) is 0 Å². The predicted molar refractivity (Wildman–Crippen MR) is 82.4 cm³/mol. The van der Waals surface area contributed by atoms with Crippen molar-refractivity contribution in [2.75, 3.05) is 31.2 Å². The first kappa shape index (κ1) is 12.3. The zero-order valence-corrected chi connectivity index (χ0v) is 11.6. The SMILES string of the molecule is c1cc(-c2cnc3[nH]ccc3c2)cc(N2CCOCC2)n1. The molecule has 106 valence electrons. The lowest BCUT2D eigenvalue weighted by Gasteiger charge is -2.28. The lowest BCUT2D eigenvalue weighted by atomic mass is 10.1. The van der Waals surface area contributed by atoms with Crippen LogP contribution in [0.1, 0.15) is 0 Å². The van der Waals surface area contributed by atoms with Crippen molar-refractivity contribution in [1.29, 1.82) is 0 Å². The van der Waals surface area contributed by atoms with E-state index in [2.05, 4.69) is 32.0 Å². The number of H-pyrrole nitrogens is 1. The summed E-state index contributed by atoms with van der Waals surface area (Å²) in [4.78, 5) is 14.3. The molecular weight excluding hydrogens is 264 g/mol. The van der Waals surface area contributed by atoms with E-state index < -0.39 is 0 Å². The van der Waals surface area contributed by atoms with Crippen LogP contribution in [0.4, 0.5) is 5.82 Å². The third-order valence-corrected chi connectivity index (χ3v) is 3.81. The van der Waals surface area contributed by atoms with Gasteiger partial charge in [0.25, 0.3) is 0 Å². The normalized spacial score (nSPS) is 15.5. The Bertz CT molecular complexity index is 762. The molecule has 0 bridgehead atoms. The summed E-state index contributed by atoms with van der Waals surface area (Å²) in [7, 11) is 0. The van der Waals surface area contributed by atoms with Gasteiger partial charge in [-0.15, -0.1) is 0 Å². The van der Waals surface area contributed by atoms with Gasteiger partial charge in [0.05, 0.1) is 13.2 Å². The Morgan fingerprint density at radius 3 is 2.86 bits per heavy atom. The molecule has 5 heteroatoms. The van der Waals surface area contributed by atoms with E-state index in [1.807, 2.05) is 30.7 Å². The summed E-state index contributed by atoms with van der Waals surface area (Å²) < 4.78 is 5.39. The highest BCUT2D eigenvalue weighted by molar-refractivity contribution is 5.81. The molecular formula is C16H16N4O. The number of aromatic nitrogens is 3. The number of aromatic amines is 1. The fourth-order valence-corrected chi connectivity index (χ4v) is 2.66. The van der Waals surface area contributed by atoms with Crippen LogP contribution in [0.15, 0.2) is 42.9 Å². The number of pyridine rings is 2. The van der Waals surface area contributed by atoms with Crippen LogP contribution in [-0.4, -0.2) is 41.3 Å². The first-order valence-electron chi connectivity index (χ1n) is 7.12. The molecule has 0 aromatic carbocycles. The van der Waals surface area contributed by atoms with E-state index in [0.717, 1.165) is 54.3 Å². The maximum Gasteiger partial charge on any atom is 0.137 e. The van der Waals surface area contributed by atoms with E-state index >= 15 is 0 Å². The number of nitrogens with zero attached hydrogens (tertiary/aromatic N) is 3. The van der Waals surface area contributed by atoms with Crippen LogP contribution in [0.5, 0.6) is 0 Å². The molecule has 1 fully saturated rings. The Balaban J connectivity index is 1.70. The Labute approximate surface area is 122 Å². The minimum atomic E-state index is 0.767. The van der Waals surface area contributed by atoms with E-state index in [1.165, 1.54) is 0 Å². The molecule has 3 aromatic heterocycles. The molecule has 4 rings (SSSR count). The monoisotopic (exact) mass is 280 g/mol. The number of morpholine rings is 1. The van der Waals surface area contributed by atoms with Crippen molar-refractivity contribution in [3.63, 3.8) is 0 Å². The average molecular weight is 280 g/mol. The summed E-state index contributed by atoms with van der Waals surface area (Å²) in [6, 6.07) is 8.34. The average Bonchev–Trinajstić information content (AvgIpc) is 3.03. The van der Waals surface area contributed by atoms with Crippen molar-refractivity contribution in [1.82, 2.24) is 15.0 Å². The largest absolute Gasteiger partial charge is 0.378 e. The molecule has 0 saturated carbocycles. The van der Waals surface area contributed by atoms with E-state index in [-0.39, 0.29) is 0 Å². The Kier molecular flexibility index (Phi) is 3.05. The van der Waals surface area contributed by atoms with Gasteiger partial charge >= 0.3 is 0 Å². The van der Waals surface area contributed by atoms with Gasteiger partial charge in [-0.05, 0) is 29.8 Å². The molecule has 0 unspecified atom stereocenters. The lowest BCUT2D eigenvalue weighted by molar-refractivity contribution is 0.122. The van der Waals surface area contributed by atoms with Crippen molar-refractivity contribution in [2.45, 2.75) is 0 Å². The van der Waals surface area contributed by atoms with Crippen LogP contribution in [0.25, 0.3) is 22.2 Å². The third kappa shape index (κ3) is 2.36. The lowest BCUT2D eigenvalue weighted by Crippen LogP contribution is -2.36. The number of fused-ring (bicyclic) bond motifs is 1. The third-order valence-electron chi connectivity index (χ3n) is 3.81. The summed E-state index contributed by atoms with van der Waals surface area (Å²) in [5.41, 5.74) is 3.17. The summed E-state index contributed by atoms with van der Waals surface area (Å²) >= 11 is 0. The van der Waals surface area contributed by atoms with Crippen LogP contribution < -0.4 is 4.90 Å². The maximum absolute atomic E-state index is 5.39. The van der Waals surface area contributed by atoms with Crippen molar-refractivity contribution < 1.29 is 4.74 Å². The summed E-state index contributed by atoms with van der Waals surface area (Å²) in [5.74, 6) is 1.00. The van der Waals surface area contributed by atoms with Crippen LogP contribution in [0.3, 0.4) is 0 Å². The first-order chi connectivity index (χ1) is 10.4. The smallest absolute Gasteiger partial charge is 0.137 e. The summed E-state index contributed by atoms with van der Waals surface area (Å²) in [6.45, 7) is 3.32. The van der Waals surface area contributed by atoms with E-state index in [1.54, 1.807) is 0 Å². The second kappa shape index (κ2) is 5.18. The molecule has 5 nitrogen and oxygen atoms in total. The van der Waals surface area contributed by atoms with Gasteiger partial charge in [-0.2, -0.15) is 0 Å². The molecule has 1 saturated heterocycles. The number of rotatable bonds is 2. The fraction of sp³-hybridized carbons (Fsp3) is 0.250. The molecule has 0 spiro atoms. The van der Waals surface area contributed by atoms with Gasteiger partial charge in [0, 0.05) is 42.6 Å². The molecule has 0 atom stereocenters. The number of hydrogen-bond acceptors (Lipinski definition) is 4. The highest BCUT2D eigenvalue weighted by atomic mass is 16.5. The summed E-state index contributed by atoms with van der Waals surface area (Å²) in [6.07, 6.45) is 5.67. The predicted octanol–water partition coefficient (Wildman–Crippen LogP) is 2.46. The summed E-state index contributed by atoms with van der Waals surface area (Å²) in [5, 5.41) is 1.12. The highest BCUT2D eigenvalue weighted by Crippen LogP contribution is 2.25. The Hall–Kier alpha value is -2.40. The van der Waals surface area contributed by atoms with Gasteiger partial charge < -0.3 is 14.6 Å². The molecule has 21 heavy (non-hydrogen) atoms. The Morgan fingerprint density at radius 1 is 1.05 bits per heavy atom. The molecule has 0 amide bonds. The van der Waals surface area contributed by atoms with Crippen molar-refractivity contribution in [3.05, 3.63) is 42.9 Å². The molecule has 1 N–H and O–H groups in total. The number of anilines is 1. The van der Waals surface area contributed by atoms with Crippen LogP contribution in [0, 0.1) is 0 Å². The van der Waals surface area contributed by atoms with Gasteiger partial charge in [0.2, 0.25) is 0 Å². The van der Waals surface area contributed by atoms with Gasteiger partial charge in [-0.3, -0.25) is 0 Å². The van der Waals surface area contributed by atoms with E-state index in [0.29, 0.717) is 0 Å². The maximum atomic E-state index is 5.39. The number of nitrogens with one attached hydrogen (secondary N) is 1. The fourth-order valence-electron chi connectivity index (χ4n) is 2.66. The van der Waals surface area contributed by atoms with Crippen molar-refractivity contribution in [3.8, 4) is 11.1 Å². The van der Waals surface area contributed by atoms with Crippen LogP contribution in [0.2, 0.25) is 0 Å². The number of ether oxygens (including phenoxy) is 1. The zero-order chi connectivity index (χ0) is 14.1. The molecule has 1 aliphatic rings. The topological polar surface area (TPSA) is 54.0 Å². The second-order valence-corrected chi connectivity index (χ2v) is 5.14. The van der Waals surface area contributed by atoms with Crippen LogP contribution in [-0.2, 0) is 4.74 Å². The zero-order valence-electron chi connectivity index (χ0n) is 11.6.